The lowest BCUT2D eigenvalue weighted by Gasteiger charge is -2.25. The van der Waals surface area contributed by atoms with E-state index in [1.807, 2.05) is 0 Å². The number of hydrogen-bond acceptors (Lipinski definition) is 14. The van der Waals surface area contributed by atoms with Gasteiger partial charge in [-0.15, -0.1) is 0 Å². The molecule has 0 saturated heterocycles. The van der Waals surface area contributed by atoms with Gasteiger partial charge in [-0.25, -0.2) is 4.79 Å². The number of aliphatic carboxylic acids is 2. The van der Waals surface area contributed by atoms with Crippen LogP contribution in [0, 0.1) is 0 Å². The maximum absolute atomic E-state index is 14.2. The predicted molar refractivity (Wildman–Crippen MR) is 292 cm³/mol. The first kappa shape index (κ1) is 66.8. The van der Waals surface area contributed by atoms with E-state index in [-0.39, 0.29) is 63.7 Å². The normalized spacial score (nSPS) is 13.0. The average Bonchev–Trinajstić information content (AvgIpc) is 3.40. The van der Waals surface area contributed by atoms with Gasteiger partial charge in [-0.3, -0.25) is 53.1 Å². The van der Waals surface area contributed by atoms with Gasteiger partial charge in [0, 0.05) is 25.9 Å². The Morgan fingerprint density at radius 3 is 1.39 bits per heavy atom. The Morgan fingerprint density at radius 2 is 0.911 bits per heavy atom. The molecule has 0 radical (unpaired) electrons. The molecule has 0 aliphatic heterocycles. The van der Waals surface area contributed by atoms with Crippen molar-refractivity contribution in [2.45, 2.75) is 146 Å². The highest BCUT2D eigenvalue weighted by molar-refractivity contribution is 5.98. The fourth-order valence-electron chi connectivity index (χ4n) is 7.70. The summed E-state index contributed by atoms with van der Waals surface area (Å²) in [6.07, 6.45) is 6.40. The van der Waals surface area contributed by atoms with Crippen LogP contribution in [0.2, 0.25) is 0 Å². The Morgan fingerprint density at radius 1 is 0.494 bits per heavy atom. The summed E-state index contributed by atoms with van der Waals surface area (Å²) < 4.78 is 5.53. The Kier molecular flexibility index (Phi) is 32.3. The van der Waals surface area contributed by atoms with Crippen molar-refractivity contribution >= 4 is 71.2 Å². The zero-order valence-electron chi connectivity index (χ0n) is 44.8. The number of carbonyl (C=O) groups excluding carboxylic acids is 8. The lowest BCUT2D eigenvalue weighted by atomic mass is 10.0. The number of hydrogen-bond donors (Lipinski definition) is 14. The molecule has 436 valence electrons. The largest absolute Gasteiger partial charge is 0.481 e. The van der Waals surface area contributed by atoms with Crippen LogP contribution in [0.5, 0.6) is 0 Å². The molecule has 0 fully saturated rings. The van der Waals surface area contributed by atoms with Crippen molar-refractivity contribution in [1.82, 2.24) is 37.2 Å². The smallest absolute Gasteiger partial charge is 0.328 e. The molecule has 27 heteroatoms. The highest BCUT2D eigenvalue weighted by Crippen LogP contribution is 2.11. The lowest BCUT2D eigenvalue weighted by molar-refractivity contribution is -0.148. The summed E-state index contributed by atoms with van der Waals surface area (Å²) >= 11 is 0. The zero-order chi connectivity index (χ0) is 58.5. The van der Waals surface area contributed by atoms with Gasteiger partial charge in [-0.2, -0.15) is 0 Å². The standard InChI is InChI=1S/C52H80N14O13/c1-2-3-4-5-6-7-8-15-26-79-50(78)40(28-34-20-13-10-14-21-34)66-49(77)39(30-44(71)72)63-42(68)32-61-46(74)36(23-17-25-59-52(56)57)64-47(75)37(27-33-18-11-9-12-19-33)65-48(76)38(29-43(69)70)62-41(67)31-60-45(73)35(53)22-16-24-58-51(54)55/h9-14,18-21,35-40H,2-8,15-17,22-32,53H2,1H3,(H,60,73)(H,61,74)(H,62,67)(H,63,68)(H,64,75)(H,65,76)(H,66,77)(H,69,70)(H,71,72)(H4,54,55,58)(H4,56,57,59)/t35-,36-,37-,38-,39-,40-/m0/s1. The van der Waals surface area contributed by atoms with Crippen molar-refractivity contribution in [3.8, 4) is 0 Å². The highest BCUT2D eigenvalue weighted by atomic mass is 16.5. The molecule has 0 saturated carbocycles. The number of benzene rings is 2. The number of esters is 1. The van der Waals surface area contributed by atoms with E-state index in [9.17, 15) is 58.2 Å². The summed E-state index contributed by atoms with van der Waals surface area (Å²) in [7, 11) is 0. The second kappa shape index (κ2) is 38.2. The van der Waals surface area contributed by atoms with E-state index >= 15 is 0 Å². The minimum atomic E-state index is -1.78. The van der Waals surface area contributed by atoms with Crippen LogP contribution in [-0.4, -0.2) is 150 Å². The highest BCUT2D eigenvalue weighted by Gasteiger charge is 2.33. The van der Waals surface area contributed by atoms with E-state index in [0.29, 0.717) is 24.0 Å². The van der Waals surface area contributed by atoms with Gasteiger partial charge in [0.1, 0.15) is 30.2 Å². The number of carboxylic acid groups (broad SMARTS) is 2. The Bertz CT molecular complexity index is 2330. The number of carbonyl (C=O) groups is 10. The van der Waals surface area contributed by atoms with Crippen LogP contribution >= 0.6 is 0 Å². The number of nitrogens with two attached hydrogens (primary N) is 5. The number of carboxylic acids is 2. The van der Waals surface area contributed by atoms with Crippen molar-refractivity contribution < 1.29 is 62.9 Å². The number of amides is 7. The molecule has 2 aromatic carbocycles. The molecular weight excluding hydrogens is 1030 g/mol. The number of ether oxygens (including phenoxy) is 1. The molecule has 0 aromatic heterocycles. The monoisotopic (exact) mass is 1110 g/mol. The Hall–Kier alpha value is -8.36. The summed E-state index contributed by atoms with van der Waals surface area (Å²) in [6.45, 7) is 0.880. The third-order valence-corrected chi connectivity index (χ3v) is 11.8. The maximum Gasteiger partial charge on any atom is 0.328 e. The van der Waals surface area contributed by atoms with Crippen LogP contribution in [0.4, 0.5) is 0 Å². The summed E-state index contributed by atoms with van der Waals surface area (Å²) in [5.41, 5.74) is 28.6. The molecule has 0 aliphatic carbocycles. The lowest BCUT2D eigenvalue weighted by Crippen LogP contribution is -2.58. The number of unbranched alkanes of at least 4 members (excludes halogenated alkanes) is 7. The molecule has 0 unspecified atom stereocenters. The van der Waals surface area contributed by atoms with Crippen molar-refractivity contribution in [3.63, 3.8) is 0 Å². The number of guanidine groups is 2. The topological polar surface area (TPSA) is 459 Å². The summed E-state index contributed by atoms with van der Waals surface area (Å²) in [6, 6.07) is 8.12. The van der Waals surface area contributed by atoms with Crippen LogP contribution in [0.15, 0.2) is 70.6 Å². The van der Waals surface area contributed by atoms with Gasteiger partial charge in [-0.1, -0.05) is 113 Å². The maximum atomic E-state index is 14.2. The minimum absolute atomic E-state index is 0.0131. The molecule has 19 N–H and O–H groups in total. The van der Waals surface area contributed by atoms with Crippen LogP contribution in [-0.2, 0) is 65.5 Å². The molecule has 0 heterocycles. The fourth-order valence-corrected chi connectivity index (χ4v) is 7.70. The second-order valence-corrected chi connectivity index (χ2v) is 18.6. The van der Waals surface area contributed by atoms with Gasteiger partial charge in [0.2, 0.25) is 41.4 Å². The van der Waals surface area contributed by atoms with Crippen LogP contribution < -0.4 is 65.9 Å². The molecule has 7 amide bonds. The molecule has 79 heavy (non-hydrogen) atoms. The first-order chi connectivity index (χ1) is 37.7. The predicted octanol–water partition coefficient (Wildman–Crippen LogP) is -1.80. The van der Waals surface area contributed by atoms with Gasteiger partial charge in [0.25, 0.3) is 0 Å². The van der Waals surface area contributed by atoms with Gasteiger partial charge in [0.15, 0.2) is 11.9 Å². The molecule has 0 spiro atoms. The van der Waals surface area contributed by atoms with Gasteiger partial charge in [-0.05, 0) is 43.2 Å². The number of aliphatic imine (C=N–C) groups is 2. The van der Waals surface area contributed by atoms with E-state index in [4.69, 9.17) is 33.4 Å². The quantitative estimate of drug-likeness (QED) is 0.0151. The van der Waals surface area contributed by atoms with Crippen molar-refractivity contribution in [2.24, 2.45) is 38.7 Å². The van der Waals surface area contributed by atoms with Crippen LogP contribution in [0.3, 0.4) is 0 Å². The Labute approximate surface area is 459 Å². The number of nitrogens with one attached hydrogen (secondary N) is 7. The van der Waals surface area contributed by atoms with E-state index < -0.39 is 121 Å². The average molecular weight is 1110 g/mol. The molecular formula is C52H80N14O13. The first-order valence-electron chi connectivity index (χ1n) is 26.3. The molecule has 0 aliphatic rings. The van der Waals surface area contributed by atoms with Gasteiger partial charge < -0.3 is 80.8 Å². The minimum Gasteiger partial charge on any atom is -0.481 e. The van der Waals surface area contributed by atoms with Crippen molar-refractivity contribution in [3.05, 3.63) is 71.8 Å². The summed E-state index contributed by atoms with van der Waals surface area (Å²) in [4.78, 5) is 139. The van der Waals surface area contributed by atoms with E-state index in [0.717, 1.165) is 38.5 Å². The fraction of sp³-hybridized carbons (Fsp3) is 0.538. The van der Waals surface area contributed by atoms with Gasteiger partial charge in [0.05, 0.1) is 38.6 Å². The van der Waals surface area contributed by atoms with Crippen molar-refractivity contribution in [1.29, 1.82) is 0 Å². The van der Waals surface area contributed by atoms with E-state index in [1.165, 1.54) is 6.42 Å². The molecule has 6 atom stereocenters. The third kappa shape index (κ3) is 30.2. The Balaban J connectivity index is 2.25. The summed E-state index contributed by atoms with van der Waals surface area (Å²) in [5.74, 6) is -10.9. The molecule has 2 aromatic rings. The van der Waals surface area contributed by atoms with E-state index in [2.05, 4.69) is 54.1 Å². The van der Waals surface area contributed by atoms with Crippen LogP contribution in [0.25, 0.3) is 0 Å². The van der Waals surface area contributed by atoms with E-state index in [1.54, 1.807) is 60.7 Å². The molecule has 27 nitrogen and oxygen atoms in total. The number of nitrogens with zero attached hydrogens (tertiary/aromatic N) is 2. The van der Waals surface area contributed by atoms with Crippen molar-refractivity contribution in [2.75, 3.05) is 32.8 Å². The molecule has 2 rings (SSSR count). The number of rotatable bonds is 40. The van der Waals surface area contributed by atoms with Crippen LogP contribution in [0.1, 0.15) is 108 Å². The second-order valence-electron chi connectivity index (χ2n) is 18.6. The zero-order valence-corrected chi connectivity index (χ0v) is 44.8. The SMILES string of the molecule is CCCCCCCCCCOC(=O)[C@H](Cc1ccccc1)NC(=O)[C@H](CC(=O)O)NC(=O)CNC(=O)[C@H](CCCN=C(N)N)NC(=O)[C@H](Cc1ccccc1)NC(=O)[C@H](CC(=O)O)NC(=O)CNC(=O)[C@@H](N)CCCN=C(N)N. The first-order valence-corrected chi connectivity index (χ1v) is 26.3. The van der Waals surface area contributed by atoms with Gasteiger partial charge >= 0.3 is 17.9 Å². The molecule has 0 bridgehead atoms. The summed E-state index contributed by atoms with van der Waals surface area (Å²) in [5, 5.41) is 36.1. The third-order valence-electron chi connectivity index (χ3n) is 11.8.